The Kier molecular flexibility index (Phi) is 2.84. The first-order chi connectivity index (χ1) is 5.58. The maximum atomic E-state index is 9.53. The molecule has 64 valence electrons. The lowest BCUT2D eigenvalue weighted by Crippen LogP contribution is -2.20. The summed E-state index contributed by atoms with van der Waals surface area (Å²) in [4.78, 5) is 9.53. The zero-order chi connectivity index (χ0) is 9.03. The lowest BCUT2D eigenvalue weighted by Gasteiger charge is -2.05. The van der Waals surface area contributed by atoms with Crippen LogP contribution in [0.5, 0.6) is 0 Å². The minimum atomic E-state index is -2.02. The predicted octanol–water partition coefficient (Wildman–Crippen LogP) is 2.44. The van der Waals surface area contributed by atoms with Gasteiger partial charge in [0.25, 0.3) is 0 Å². The highest BCUT2D eigenvalue weighted by atomic mass is 28.4. The quantitative estimate of drug-likeness (QED) is 0.690. The van der Waals surface area contributed by atoms with Gasteiger partial charge in [-0.1, -0.05) is 42.1 Å². The Morgan fingerprint density at radius 2 is 1.75 bits per heavy atom. The number of hydrogen-bond acceptors (Lipinski definition) is 1. The van der Waals surface area contributed by atoms with Crippen LogP contribution in [0, 0.1) is 0 Å². The van der Waals surface area contributed by atoms with Crippen LogP contribution in [0.4, 0.5) is 0 Å². The first-order valence-electron chi connectivity index (χ1n) is 4.04. The Bertz CT molecular complexity index is 259. The van der Waals surface area contributed by atoms with Crippen LogP contribution < -0.4 is 0 Å². The second kappa shape index (κ2) is 3.69. The molecule has 0 bridgehead atoms. The summed E-state index contributed by atoms with van der Waals surface area (Å²) in [5, 5.41) is 0. The van der Waals surface area contributed by atoms with E-state index < -0.39 is 8.32 Å². The van der Waals surface area contributed by atoms with Gasteiger partial charge in [0.2, 0.25) is 8.32 Å². The molecule has 0 amide bonds. The summed E-state index contributed by atoms with van der Waals surface area (Å²) in [6.07, 6.45) is 1.98. The summed E-state index contributed by atoms with van der Waals surface area (Å²) >= 11 is 0. The van der Waals surface area contributed by atoms with Gasteiger partial charge in [-0.15, -0.1) is 0 Å². The topological polar surface area (TPSA) is 20.2 Å². The molecule has 1 nitrogen and oxygen atoms in total. The molecule has 1 aromatic rings. The maximum Gasteiger partial charge on any atom is 0.206 e. The Morgan fingerprint density at radius 1 is 1.17 bits per heavy atom. The SMILES string of the molecule is C[Si](C)(O)/C=C/c1ccccc1. The van der Waals surface area contributed by atoms with Crippen molar-refractivity contribution in [2.75, 3.05) is 0 Å². The number of hydrogen-bond donors (Lipinski definition) is 1. The molecule has 1 aromatic carbocycles. The zero-order valence-corrected chi connectivity index (χ0v) is 8.49. The van der Waals surface area contributed by atoms with Crippen LogP contribution in [-0.4, -0.2) is 13.1 Å². The van der Waals surface area contributed by atoms with E-state index in [4.69, 9.17) is 0 Å². The van der Waals surface area contributed by atoms with Crippen LogP contribution in [0.15, 0.2) is 36.0 Å². The summed E-state index contributed by atoms with van der Waals surface area (Å²) in [6.45, 7) is 3.79. The molecule has 0 saturated carbocycles. The highest BCUT2D eigenvalue weighted by Gasteiger charge is 2.10. The average Bonchev–Trinajstić information content (AvgIpc) is 2.02. The van der Waals surface area contributed by atoms with Crippen molar-refractivity contribution < 1.29 is 4.80 Å². The van der Waals surface area contributed by atoms with Crippen molar-refractivity contribution in [3.05, 3.63) is 41.6 Å². The Hall–Kier alpha value is -0.863. The van der Waals surface area contributed by atoms with Crippen molar-refractivity contribution in [2.24, 2.45) is 0 Å². The van der Waals surface area contributed by atoms with Crippen molar-refractivity contribution >= 4 is 14.4 Å². The molecule has 0 aliphatic heterocycles. The van der Waals surface area contributed by atoms with Crippen LogP contribution in [-0.2, 0) is 0 Å². The van der Waals surface area contributed by atoms with Gasteiger partial charge in [-0.2, -0.15) is 0 Å². The van der Waals surface area contributed by atoms with E-state index in [1.54, 1.807) is 0 Å². The first kappa shape index (κ1) is 9.23. The molecule has 1 rings (SSSR count). The maximum absolute atomic E-state index is 9.53. The van der Waals surface area contributed by atoms with Gasteiger partial charge in [0.05, 0.1) is 0 Å². The normalized spacial score (nSPS) is 12.2. The molecule has 0 atom stereocenters. The van der Waals surface area contributed by atoms with E-state index in [1.807, 2.05) is 55.2 Å². The Labute approximate surface area is 74.5 Å². The number of benzene rings is 1. The Balaban J connectivity index is 2.71. The lowest BCUT2D eigenvalue weighted by molar-refractivity contribution is 0.567. The van der Waals surface area contributed by atoms with Gasteiger partial charge in [0.15, 0.2) is 0 Å². The molecule has 0 heterocycles. The highest BCUT2D eigenvalue weighted by Crippen LogP contribution is 2.05. The average molecular weight is 178 g/mol. The third kappa shape index (κ3) is 3.51. The highest BCUT2D eigenvalue weighted by molar-refractivity contribution is 6.75. The second-order valence-electron chi connectivity index (χ2n) is 3.40. The van der Waals surface area contributed by atoms with E-state index in [0.29, 0.717) is 0 Å². The fourth-order valence-corrected chi connectivity index (χ4v) is 1.46. The standard InChI is InChI=1S/C10H14OSi/c1-12(2,11)9-8-10-6-4-3-5-7-10/h3-9,11H,1-2H3/b9-8+. The van der Waals surface area contributed by atoms with Crippen LogP contribution in [0.25, 0.3) is 6.08 Å². The summed E-state index contributed by atoms with van der Waals surface area (Å²) in [5.74, 6) is 0. The first-order valence-corrected chi connectivity index (χ1v) is 7.07. The van der Waals surface area contributed by atoms with E-state index >= 15 is 0 Å². The third-order valence-corrected chi connectivity index (χ3v) is 2.47. The van der Waals surface area contributed by atoms with Gasteiger partial charge in [-0.25, -0.2) is 0 Å². The van der Waals surface area contributed by atoms with E-state index in [9.17, 15) is 4.80 Å². The van der Waals surface area contributed by atoms with Gasteiger partial charge < -0.3 is 4.80 Å². The van der Waals surface area contributed by atoms with Crippen molar-refractivity contribution in [1.29, 1.82) is 0 Å². The molecule has 0 radical (unpaired) electrons. The van der Waals surface area contributed by atoms with E-state index in [-0.39, 0.29) is 0 Å². The van der Waals surface area contributed by atoms with E-state index in [2.05, 4.69) is 0 Å². The van der Waals surface area contributed by atoms with Gasteiger partial charge in [0, 0.05) is 0 Å². The van der Waals surface area contributed by atoms with Gasteiger partial charge in [0.1, 0.15) is 0 Å². The van der Waals surface area contributed by atoms with E-state index in [0.717, 1.165) is 5.56 Å². The van der Waals surface area contributed by atoms with Crippen LogP contribution in [0.1, 0.15) is 5.56 Å². The minimum absolute atomic E-state index is 1.15. The fraction of sp³-hybridized carbons (Fsp3) is 0.200. The molecule has 0 unspecified atom stereocenters. The molecule has 0 spiro atoms. The van der Waals surface area contributed by atoms with Crippen LogP contribution >= 0.6 is 0 Å². The summed E-state index contributed by atoms with van der Waals surface area (Å²) in [6, 6.07) is 10.0. The second-order valence-corrected chi connectivity index (χ2v) is 7.04. The summed E-state index contributed by atoms with van der Waals surface area (Å²) in [5.41, 5.74) is 3.06. The molecule has 2 heteroatoms. The van der Waals surface area contributed by atoms with Crippen molar-refractivity contribution in [3.8, 4) is 0 Å². The summed E-state index contributed by atoms with van der Waals surface area (Å²) < 4.78 is 0. The van der Waals surface area contributed by atoms with E-state index in [1.165, 1.54) is 0 Å². The molecule has 0 aliphatic carbocycles. The fourth-order valence-electron chi connectivity index (χ4n) is 0.864. The Morgan fingerprint density at radius 3 is 2.25 bits per heavy atom. The molecular formula is C10H14OSi. The van der Waals surface area contributed by atoms with Crippen LogP contribution in [0.2, 0.25) is 13.1 Å². The number of rotatable bonds is 2. The minimum Gasteiger partial charge on any atom is -0.428 e. The van der Waals surface area contributed by atoms with Gasteiger partial charge in [-0.05, 0) is 18.7 Å². The molecular weight excluding hydrogens is 164 g/mol. The molecule has 0 fully saturated rings. The van der Waals surface area contributed by atoms with Gasteiger partial charge in [-0.3, -0.25) is 0 Å². The lowest BCUT2D eigenvalue weighted by atomic mass is 10.2. The largest absolute Gasteiger partial charge is 0.428 e. The summed E-state index contributed by atoms with van der Waals surface area (Å²) in [7, 11) is -2.02. The molecule has 1 N–H and O–H groups in total. The van der Waals surface area contributed by atoms with Gasteiger partial charge >= 0.3 is 0 Å². The third-order valence-electron chi connectivity index (χ3n) is 1.48. The van der Waals surface area contributed by atoms with Crippen LogP contribution in [0.3, 0.4) is 0 Å². The van der Waals surface area contributed by atoms with Crippen molar-refractivity contribution in [3.63, 3.8) is 0 Å². The molecule has 12 heavy (non-hydrogen) atoms. The monoisotopic (exact) mass is 178 g/mol. The molecule has 0 aliphatic rings. The predicted molar refractivity (Wildman–Crippen MR) is 55.2 cm³/mol. The molecule has 0 saturated heterocycles. The van der Waals surface area contributed by atoms with Crippen molar-refractivity contribution in [1.82, 2.24) is 0 Å². The smallest absolute Gasteiger partial charge is 0.206 e. The molecule has 0 aromatic heterocycles. The zero-order valence-electron chi connectivity index (χ0n) is 7.49. The van der Waals surface area contributed by atoms with Crippen molar-refractivity contribution in [2.45, 2.75) is 13.1 Å².